The summed E-state index contributed by atoms with van der Waals surface area (Å²) in [6.07, 6.45) is 2.15. The van der Waals surface area contributed by atoms with Crippen LogP contribution < -0.4 is 4.90 Å². The fraction of sp³-hybridized carbons (Fsp3) is 0.429. The van der Waals surface area contributed by atoms with E-state index in [4.69, 9.17) is 5.11 Å². The number of hydrogen-bond acceptors (Lipinski definition) is 2. The summed E-state index contributed by atoms with van der Waals surface area (Å²) in [4.78, 5) is 25.2. The Labute approximate surface area is 119 Å². The van der Waals surface area contributed by atoms with Crippen molar-refractivity contribution in [2.75, 3.05) is 11.4 Å². The van der Waals surface area contributed by atoms with E-state index in [1.165, 1.54) is 0 Å². The maximum Gasteiger partial charge on any atom is 0.307 e. The number of anilines is 1. The maximum absolute atomic E-state index is 12.5. The summed E-state index contributed by atoms with van der Waals surface area (Å²) in [5, 5.41) is 9.06. The van der Waals surface area contributed by atoms with Gasteiger partial charge in [0.15, 0.2) is 0 Å². The molecule has 1 aromatic carbocycles. The fourth-order valence-electron chi connectivity index (χ4n) is 2.87. The van der Waals surface area contributed by atoms with Gasteiger partial charge in [-0.15, -0.1) is 0 Å². The first-order chi connectivity index (χ1) is 9.08. The number of carbonyl (C=O) groups excluding carboxylic acids is 1. The van der Waals surface area contributed by atoms with Crippen LogP contribution in [-0.4, -0.2) is 23.5 Å². The van der Waals surface area contributed by atoms with Crippen LogP contribution in [0.3, 0.4) is 0 Å². The molecule has 0 bridgehead atoms. The molecule has 0 saturated heterocycles. The second kappa shape index (κ2) is 4.63. The summed E-state index contributed by atoms with van der Waals surface area (Å²) in [5.41, 5.74) is 2.08. The van der Waals surface area contributed by atoms with E-state index in [-0.39, 0.29) is 11.8 Å². The van der Waals surface area contributed by atoms with Gasteiger partial charge < -0.3 is 10.0 Å². The Morgan fingerprint density at radius 3 is 2.63 bits per heavy atom. The molecule has 0 spiro atoms. The van der Waals surface area contributed by atoms with Crippen molar-refractivity contribution in [3.8, 4) is 0 Å². The van der Waals surface area contributed by atoms with Gasteiger partial charge in [-0.25, -0.2) is 0 Å². The molecule has 1 aliphatic heterocycles. The van der Waals surface area contributed by atoms with E-state index >= 15 is 0 Å². The molecule has 1 aromatic rings. The highest BCUT2D eigenvalue weighted by molar-refractivity contribution is 9.10. The van der Waals surface area contributed by atoms with E-state index in [1.54, 1.807) is 4.90 Å². The van der Waals surface area contributed by atoms with Crippen molar-refractivity contribution in [3.63, 3.8) is 0 Å². The van der Waals surface area contributed by atoms with Crippen molar-refractivity contribution in [2.45, 2.75) is 19.3 Å². The summed E-state index contributed by atoms with van der Waals surface area (Å²) >= 11 is 3.41. The van der Waals surface area contributed by atoms with Crippen LogP contribution in [0, 0.1) is 11.8 Å². The van der Waals surface area contributed by atoms with Crippen LogP contribution in [0.1, 0.15) is 18.4 Å². The zero-order valence-corrected chi connectivity index (χ0v) is 11.9. The minimum Gasteiger partial charge on any atom is -0.481 e. The SMILES string of the molecule is O=C(O)C1CCC1C(=O)N1CCc2ccc(Br)cc21. The van der Waals surface area contributed by atoms with Crippen molar-refractivity contribution in [2.24, 2.45) is 11.8 Å². The van der Waals surface area contributed by atoms with Gasteiger partial charge in [0.2, 0.25) is 5.91 Å². The molecule has 5 heteroatoms. The predicted molar refractivity (Wildman–Crippen MR) is 74.0 cm³/mol. The molecule has 0 aromatic heterocycles. The Kier molecular flexibility index (Phi) is 3.09. The lowest BCUT2D eigenvalue weighted by molar-refractivity contribution is -0.151. The number of benzene rings is 1. The largest absolute Gasteiger partial charge is 0.481 e. The van der Waals surface area contributed by atoms with Gasteiger partial charge in [0.05, 0.1) is 11.8 Å². The Hall–Kier alpha value is -1.36. The Balaban J connectivity index is 1.84. The van der Waals surface area contributed by atoms with Crippen molar-refractivity contribution in [1.82, 2.24) is 0 Å². The van der Waals surface area contributed by atoms with Gasteiger partial charge in [-0.05, 0) is 37.0 Å². The number of fused-ring (bicyclic) bond motifs is 1. The first-order valence-corrected chi connectivity index (χ1v) is 7.20. The monoisotopic (exact) mass is 323 g/mol. The molecule has 2 unspecified atom stereocenters. The highest BCUT2D eigenvalue weighted by Crippen LogP contribution is 2.39. The average molecular weight is 324 g/mol. The van der Waals surface area contributed by atoms with Gasteiger partial charge in [0.1, 0.15) is 0 Å². The average Bonchev–Trinajstić information content (AvgIpc) is 2.69. The first kappa shape index (κ1) is 12.7. The predicted octanol–water partition coefficient (Wildman–Crippen LogP) is 2.45. The molecule has 1 amide bonds. The highest BCUT2D eigenvalue weighted by atomic mass is 79.9. The summed E-state index contributed by atoms with van der Waals surface area (Å²) in [6, 6.07) is 5.92. The smallest absolute Gasteiger partial charge is 0.307 e. The number of hydrogen-bond donors (Lipinski definition) is 1. The Morgan fingerprint density at radius 2 is 2.00 bits per heavy atom. The zero-order chi connectivity index (χ0) is 13.6. The molecule has 2 aliphatic rings. The number of carboxylic acid groups (broad SMARTS) is 1. The van der Waals surface area contributed by atoms with E-state index in [1.807, 2.05) is 18.2 Å². The van der Waals surface area contributed by atoms with Crippen LogP contribution in [0.5, 0.6) is 0 Å². The lowest BCUT2D eigenvalue weighted by atomic mass is 9.73. The number of rotatable bonds is 2. The number of nitrogens with zero attached hydrogens (tertiary/aromatic N) is 1. The molecule has 1 aliphatic carbocycles. The Morgan fingerprint density at radius 1 is 1.26 bits per heavy atom. The summed E-state index contributed by atoms with van der Waals surface area (Å²) in [6.45, 7) is 0.660. The molecule has 1 N–H and O–H groups in total. The molecule has 1 fully saturated rings. The molecular formula is C14H14BrNO3. The minimum absolute atomic E-state index is 0.0319. The number of amides is 1. The summed E-state index contributed by atoms with van der Waals surface area (Å²) < 4.78 is 0.939. The third-order valence-corrected chi connectivity index (χ3v) is 4.61. The minimum atomic E-state index is -0.849. The molecule has 3 rings (SSSR count). The van der Waals surface area contributed by atoms with Gasteiger partial charge in [0.25, 0.3) is 0 Å². The van der Waals surface area contributed by atoms with Crippen LogP contribution in [0.2, 0.25) is 0 Å². The van der Waals surface area contributed by atoms with Crippen LogP contribution in [-0.2, 0) is 16.0 Å². The normalized spacial score (nSPS) is 24.8. The number of halogens is 1. The molecule has 1 heterocycles. The molecule has 0 radical (unpaired) electrons. The quantitative estimate of drug-likeness (QED) is 0.909. The van der Waals surface area contributed by atoms with Crippen LogP contribution in [0.15, 0.2) is 22.7 Å². The van der Waals surface area contributed by atoms with E-state index in [0.29, 0.717) is 19.4 Å². The second-order valence-corrected chi connectivity index (χ2v) is 6.06. The van der Waals surface area contributed by atoms with E-state index in [0.717, 1.165) is 22.1 Å². The van der Waals surface area contributed by atoms with Crippen LogP contribution in [0.25, 0.3) is 0 Å². The van der Waals surface area contributed by atoms with Gasteiger partial charge in [-0.1, -0.05) is 22.0 Å². The van der Waals surface area contributed by atoms with Crippen LogP contribution in [0.4, 0.5) is 5.69 Å². The lowest BCUT2D eigenvalue weighted by Crippen LogP contribution is -2.45. The third kappa shape index (κ3) is 2.06. The van der Waals surface area contributed by atoms with Gasteiger partial charge in [0, 0.05) is 16.7 Å². The third-order valence-electron chi connectivity index (χ3n) is 4.12. The molecule has 2 atom stereocenters. The van der Waals surface area contributed by atoms with E-state index < -0.39 is 11.9 Å². The topological polar surface area (TPSA) is 57.6 Å². The first-order valence-electron chi connectivity index (χ1n) is 6.40. The molecule has 1 saturated carbocycles. The second-order valence-electron chi connectivity index (χ2n) is 5.14. The highest BCUT2D eigenvalue weighted by Gasteiger charge is 2.44. The van der Waals surface area contributed by atoms with Crippen LogP contribution >= 0.6 is 15.9 Å². The van der Waals surface area contributed by atoms with Crippen molar-refractivity contribution < 1.29 is 14.7 Å². The fourth-order valence-corrected chi connectivity index (χ4v) is 3.22. The van der Waals surface area contributed by atoms with Gasteiger partial charge in [-0.2, -0.15) is 0 Å². The Bertz CT molecular complexity index is 558. The molecule has 100 valence electrons. The van der Waals surface area contributed by atoms with E-state index in [9.17, 15) is 9.59 Å². The molecular weight excluding hydrogens is 310 g/mol. The zero-order valence-electron chi connectivity index (χ0n) is 10.3. The standard InChI is InChI=1S/C14H14BrNO3/c15-9-2-1-8-5-6-16(12(8)7-9)13(17)10-3-4-11(10)14(18)19/h1-2,7,10-11H,3-6H2,(H,18,19). The molecule has 4 nitrogen and oxygen atoms in total. The lowest BCUT2D eigenvalue weighted by Gasteiger charge is -2.35. The van der Waals surface area contributed by atoms with Gasteiger partial charge >= 0.3 is 5.97 Å². The summed E-state index contributed by atoms with van der Waals surface area (Å²) in [5.74, 6) is -1.72. The summed E-state index contributed by atoms with van der Waals surface area (Å²) in [7, 11) is 0. The van der Waals surface area contributed by atoms with Crippen molar-refractivity contribution >= 4 is 33.5 Å². The molecule has 19 heavy (non-hydrogen) atoms. The number of carbonyl (C=O) groups is 2. The number of aliphatic carboxylic acids is 1. The number of carboxylic acids is 1. The van der Waals surface area contributed by atoms with Gasteiger partial charge in [-0.3, -0.25) is 9.59 Å². The van der Waals surface area contributed by atoms with Crippen molar-refractivity contribution in [1.29, 1.82) is 0 Å². The van der Waals surface area contributed by atoms with E-state index in [2.05, 4.69) is 15.9 Å². The maximum atomic E-state index is 12.5. The van der Waals surface area contributed by atoms with Crippen molar-refractivity contribution in [3.05, 3.63) is 28.2 Å².